The smallest absolute Gasteiger partial charge is 0.245 e. The van der Waals surface area contributed by atoms with Gasteiger partial charge in [0.2, 0.25) is 11.8 Å². The van der Waals surface area contributed by atoms with Crippen LogP contribution in [-0.2, 0) is 9.59 Å². The fraction of sp³-hybridized carbons (Fsp3) is 0.278. The van der Waals surface area contributed by atoms with Crippen LogP contribution in [0.5, 0.6) is 0 Å². The van der Waals surface area contributed by atoms with Crippen molar-refractivity contribution < 1.29 is 18.4 Å². The maximum atomic E-state index is 13.3. The summed E-state index contributed by atoms with van der Waals surface area (Å²) in [5, 5.41) is 2.61. The highest BCUT2D eigenvalue weighted by atomic mass is 79.9. The highest BCUT2D eigenvalue weighted by Crippen LogP contribution is 2.48. The number of rotatable bonds is 5. The van der Waals surface area contributed by atoms with E-state index in [0.717, 1.165) is 16.6 Å². The van der Waals surface area contributed by atoms with Crippen molar-refractivity contribution in [3.05, 3.63) is 58.2 Å². The van der Waals surface area contributed by atoms with E-state index >= 15 is 0 Å². The van der Waals surface area contributed by atoms with E-state index in [1.54, 1.807) is 18.3 Å². The number of aromatic nitrogens is 1. The summed E-state index contributed by atoms with van der Waals surface area (Å²) in [5.74, 6) is -2.45. The molecule has 1 aliphatic rings. The van der Waals surface area contributed by atoms with Crippen LogP contribution in [0.3, 0.4) is 0 Å². The van der Waals surface area contributed by atoms with Gasteiger partial charge in [0.15, 0.2) is 11.6 Å². The second-order valence-electron chi connectivity index (χ2n) is 6.23. The summed E-state index contributed by atoms with van der Waals surface area (Å²) in [6, 6.07) is 7.06. The third-order valence-electron chi connectivity index (χ3n) is 4.23. The molecule has 1 heterocycles. The first-order valence-corrected chi connectivity index (χ1v) is 8.76. The summed E-state index contributed by atoms with van der Waals surface area (Å²) in [5.41, 5.74) is 0.596. The number of hydrogen-bond donors (Lipinski definition) is 1. The van der Waals surface area contributed by atoms with Crippen molar-refractivity contribution in [1.29, 1.82) is 0 Å². The molecule has 1 aromatic carbocycles. The minimum absolute atomic E-state index is 0.114. The van der Waals surface area contributed by atoms with Crippen molar-refractivity contribution >= 4 is 33.6 Å². The molecule has 1 fully saturated rings. The number of benzene rings is 1. The topological polar surface area (TPSA) is 62.3 Å². The average Bonchev–Trinajstić information content (AvgIpc) is 3.39. The van der Waals surface area contributed by atoms with Crippen molar-refractivity contribution in [2.75, 3.05) is 18.9 Å². The summed E-state index contributed by atoms with van der Waals surface area (Å²) in [6.45, 7) is -0.114. The monoisotopic (exact) mass is 423 g/mol. The number of carbonyl (C=O) groups excluding carboxylic acids is 2. The first kappa shape index (κ1) is 18.4. The van der Waals surface area contributed by atoms with E-state index in [9.17, 15) is 18.4 Å². The summed E-state index contributed by atoms with van der Waals surface area (Å²) in [7, 11) is 1.54. The number of pyridine rings is 1. The van der Waals surface area contributed by atoms with Crippen molar-refractivity contribution in [3.8, 4) is 0 Å². The highest BCUT2D eigenvalue weighted by molar-refractivity contribution is 9.10. The van der Waals surface area contributed by atoms with E-state index < -0.39 is 11.6 Å². The standard InChI is InChI=1S/C18H16BrF2N3O2/c1-24(9-17(25)23-16-5-3-11(19)8-22-16)18(26)13-7-12(13)10-2-4-14(20)15(21)6-10/h2-6,8,12-13H,7,9H2,1H3,(H,22,23,25)/t12-,13-/m1/s1. The van der Waals surface area contributed by atoms with E-state index in [1.807, 2.05) is 0 Å². The lowest BCUT2D eigenvalue weighted by atomic mass is 10.1. The molecule has 1 aromatic heterocycles. The van der Waals surface area contributed by atoms with Gasteiger partial charge in [0, 0.05) is 23.6 Å². The molecular weight excluding hydrogens is 408 g/mol. The van der Waals surface area contributed by atoms with Gasteiger partial charge in [-0.1, -0.05) is 6.07 Å². The number of nitrogens with zero attached hydrogens (tertiary/aromatic N) is 2. The number of anilines is 1. The predicted octanol–water partition coefficient (Wildman–Crippen LogP) is 3.32. The lowest BCUT2D eigenvalue weighted by Gasteiger charge is -2.17. The van der Waals surface area contributed by atoms with Crippen LogP contribution in [-0.4, -0.2) is 35.3 Å². The molecule has 0 unspecified atom stereocenters. The molecule has 0 saturated heterocycles. The Labute approximate surface area is 157 Å². The molecular formula is C18H16BrF2N3O2. The van der Waals surface area contributed by atoms with Crippen LogP contribution in [0, 0.1) is 17.6 Å². The number of hydrogen-bond acceptors (Lipinski definition) is 3. The van der Waals surface area contributed by atoms with Crippen LogP contribution in [0.1, 0.15) is 17.9 Å². The maximum Gasteiger partial charge on any atom is 0.245 e. The predicted molar refractivity (Wildman–Crippen MR) is 95.4 cm³/mol. The van der Waals surface area contributed by atoms with E-state index in [1.165, 1.54) is 18.0 Å². The fourth-order valence-electron chi connectivity index (χ4n) is 2.79. The molecule has 2 amide bonds. The first-order valence-electron chi connectivity index (χ1n) is 7.96. The van der Waals surface area contributed by atoms with Gasteiger partial charge in [0.1, 0.15) is 5.82 Å². The molecule has 1 aliphatic carbocycles. The maximum absolute atomic E-state index is 13.3. The van der Waals surface area contributed by atoms with Gasteiger partial charge in [-0.25, -0.2) is 13.8 Å². The van der Waals surface area contributed by atoms with Crippen molar-refractivity contribution in [2.45, 2.75) is 12.3 Å². The van der Waals surface area contributed by atoms with E-state index in [0.29, 0.717) is 17.8 Å². The Bertz CT molecular complexity index is 845. The molecule has 3 rings (SSSR count). The van der Waals surface area contributed by atoms with Gasteiger partial charge in [0.25, 0.3) is 0 Å². The Morgan fingerprint density at radius 2 is 2.04 bits per heavy atom. The molecule has 0 spiro atoms. The molecule has 136 valence electrons. The van der Waals surface area contributed by atoms with Gasteiger partial charge in [-0.2, -0.15) is 0 Å². The van der Waals surface area contributed by atoms with Crippen LogP contribution in [0.2, 0.25) is 0 Å². The number of likely N-dealkylation sites (N-methyl/N-ethyl adjacent to an activating group) is 1. The molecule has 0 aliphatic heterocycles. The van der Waals surface area contributed by atoms with Crippen molar-refractivity contribution in [2.24, 2.45) is 5.92 Å². The molecule has 2 atom stereocenters. The third-order valence-corrected chi connectivity index (χ3v) is 4.70. The zero-order valence-electron chi connectivity index (χ0n) is 13.9. The molecule has 8 heteroatoms. The summed E-state index contributed by atoms with van der Waals surface area (Å²) in [4.78, 5) is 29.8. The third kappa shape index (κ3) is 4.24. The lowest BCUT2D eigenvalue weighted by molar-refractivity contribution is -0.134. The normalized spacial score (nSPS) is 18.3. The molecule has 2 aromatic rings. The number of carbonyl (C=O) groups is 2. The minimum Gasteiger partial charge on any atom is -0.336 e. The Morgan fingerprint density at radius 3 is 2.69 bits per heavy atom. The number of amides is 2. The van der Waals surface area contributed by atoms with Gasteiger partial charge in [-0.15, -0.1) is 0 Å². The van der Waals surface area contributed by atoms with Crippen LogP contribution >= 0.6 is 15.9 Å². The quantitative estimate of drug-likeness (QED) is 0.801. The summed E-state index contributed by atoms with van der Waals surface area (Å²) in [6.07, 6.45) is 2.12. The molecule has 0 radical (unpaired) electrons. The van der Waals surface area contributed by atoms with Gasteiger partial charge in [0.05, 0.1) is 6.54 Å². The fourth-order valence-corrected chi connectivity index (χ4v) is 3.02. The van der Waals surface area contributed by atoms with E-state index in [2.05, 4.69) is 26.2 Å². The Balaban J connectivity index is 1.54. The highest BCUT2D eigenvalue weighted by Gasteiger charge is 2.45. The lowest BCUT2D eigenvalue weighted by Crippen LogP contribution is -2.36. The Hall–Kier alpha value is -2.35. The Morgan fingerprint density at radius 1 is 1.27 bits per heavy atom. The van der Waals surface area contributed by atoms with Crippen LogP contribution in [0.4, 0.5) is 14.6 Å². The summed E-state index contributed by atoms with van der Waals surface area (Å²) < 4.78 is 27.1. The largest absolute Gasteiger partial charge is 0.336 e. The Kier molecular flexibility index (Phi) is 5.31. The van der Waals surface area contributed by atoms with Crippen molar-refractivity contribution in [1.82, 2.24) is 9.88 Å². The molecule has 26 heavy (non-hydrogen) atoms. The molecule has 0 bridgehead atoms. The van der Waals surface area contributed by atoms with E-state index in [4.69, 9.17) is 0 Å². The second-order valence-corrected chi connectivity index (χ2v) is 7.14. The van der Waals surface area contributed by atoms with Crippen LogP contribution < -0.4 is 5.32 Å². The SMILES string of the molecule is CN(CC(=O)Nc1ccc(Br)cn1)C(=O)[C@@H]1C[C@@H]1c1ccc(F)c(F)c1. The summed E-state index contributed by atoms with van der Waals surface area (Å²) >= 11 is 3.25. The van der Waals surface area contributed by atoms with E-state index in [-0.39, 0.29) is 30.2 Å². The minimum atomic E-state index is -0.921. The molecule has 5 nitrogen and oxygen atoms in total. The second kappa shape index (κ2) is 7.49. The number of halogens is 3. The zero-order chi connectivity index (χ0) is 18.8. The van der Waals surface area contributed by atoms with Gasteiger partial charge < -0.3 is 10.2 Å². The van der Waals surface area contributed by atoms with Gasteiger partial charge >= 0.3 is 0 Å². The molecule has 1 N–H and O–H groups in total. The zero-order valence-corrected chi connectivity index (χ0v) is 15.5. The van der Waals surface area contributed by atoms with Gasteiger partial charge in [-0.3, -0.25) is 9.59 Å². The first-order chi connectivity index (χ1) is 12.3. The van der Waals surface area contributed by atoms with Crippen LogP contribution in [0.15, 0.2) is 41.0 Å². The average molecular weight is 424 g/mol. The van der Waals surface area contributed by atoms with Crippen LogP contribution in [0.25, 0.3) is 0 Å². The van der Waals surface area contributed by atoms with Gasteiger partial charge in [-0.05, 0) is 58.1 Å². The number of nitrogens with one attached hydrogen (secondary N) is 1. The molecule has 1 saturated carbocycles. The van der Waals surface area contributed by atoms with Crippen molar-refractivity contribution in [3.63, 3.8) is 0 Å².